The van der Waals surface area contributed by atoms with E-state index in [1.165, 1.54) is 0 Å². The maximum absolute atomic E-state index is 10.3. The smallest absolute Gasteiger partial charge is 0.0595 e. The fourth-order valence-corrected chi connectivity index (χ4v) is 0.542. The van der Waals surface area contributed by atoms with Crippen LogP contribution in [0.5, 0.6) is 0 Å². The van der Waals surface area contributed by atoms with Crippen LogP contribution in [0.4, 0.5) is 0 Å². The van der Waals surface area contributed by atoms with E-state index in [2.05, 4.69) is 5.32 Å². The van der Waals surface area contributed by atoms with Crippen LogP contribution in [0.2, 0.25) is 0 Å². The number of hydroxylamine groups is 2. The molecule has 7 heavy (non-hydrogen) atoms. The van der Waals surface area contributed by atoms with E-state index in [1.807, 2.05) is 0 Å². The Labute approximate surface area is 41.9 Å². The molecule has 1 heterocycles. The monoisotopic (exact) mass is 102 g/mol. The van der Waals surface area contributed by atoms with E-state index in [1.54, 1.807) is 0 Å². The van der Waals surface area contributed by atoms with Crippen molar-refractivity contribution in [1.29, 1.82) is 0 Å². The third-order valence-corrected chi connectivity index (χ3v) is 0.991. The first-order valence-electron chi connectivity index (χ1n) is 2.21. The third-order valence-electron chi connectivity index (χ3n) is 0.991. The van der Waals surface area contributed by atoms with E-state index in [4.69, 9.17) is 5.73 Å². The van der Waals surface area contributed by atoms with Gasteiger partial charge in [-0.3, -0.25) is 0 Å². The van der Waals surface area contributed by atoms with Gasteiger partial charge in [-0.1, -0.05) is 0 Å². The SMILES string of the molecule is NC1CNCN1[O-]. The van der Waals surface area contributed by atoms with E-state index in [-0.39, 0.29) is 6.17 Å². The van der Waals surface area contributed by atoms with Crippen LogP contribution >= 0.6 is 0 Å². The highest BCUT2D eigenvalue weighted by atomic mass is 16.5. The van der Waals surface area contributed by atoms with Gasteiger partial charge in [0.2, 0.25) is 0 Å². The van der Waals surface area contributed by atoms with Crippen LogP contribution in [-0.4, -0.2) is 24.4 Å². The summed E-state index contributed by atoms with van der Waals surface area (Å²) in [5, 5.41) is 13.9. The van der Waals surface area contributed by atoms with Gasteiger partial charge in [0.15, 0.2) is 0 Å². The van der Waals surface area contributed by atoms with Crippen LogP contribution in [0.1, 0.15) is 0 Å². The molecule has 0 bridgehead atoms. The second-order valence-electron chi connectivity index (χ2n) is 1.60. The topological polar surface area (TPSA) is 64.3 Å². The summed E-state index contributed by atoms with van der Waals surface area (Å²) < 4.78 is 0. The van der Waals surface area contributed by atoms with Crippen molar-refractivity contribution in [3.8, 4) is 0 Å². The van der Waals surface area contributed by atoms with E-state index < -0.39 is 0 Å². The first-order valence-corrected chi connectivity index (χ1v) is 2.21. The van der Waals surface area contributed by atoms with Crippen LogP contribution in [0.15, 0.2) is 0 Å². The zero-order chi connectivity index (χ0) is 5.28. The molecule has 0 saturated carbocycles. The molecule has 42 valence electrons. The van der Waals surface area contributed by atoms with Gasteiger partial charge in [0.25, 0.3) is 0 Å². The van der Waals surface area contributed by atoms with Crippen molar-refractivity contribution in [2.45, 2.75) is 6.17 Å². The molecule has 1 fully saturated rings. The van der Waals surface area contributed by atoms with Crippen molar-refractivity contribution in [1.82, 2.24) is 10.4 Å². The van der Waals surface area contributed by atoms with Crippen molar-refractivity contribution in [2.24, 2.45) is 5.73 Å². The minimum Gasteiger partial charge on any atom is -0.783 e. The highest BCUT2D eigenvalue weighted by Gasteiger charge is 2.09. The van der Waals surface area contributed by atoms with Crippen LogP contribution < -0.4 is 11.1 Å². The number of rotatable bonds is 0. The molecule has 3 N–H and O–H groups in total. The zero-order valence-corrected chi connectivity index (χ0v) is 3.92. The van der Waals surface area contributed by atoms with Gasteiger partial charge in [-0.05, 0) is 0 Å². The fourth-order valence-electron chi connectivity index (χ4n) is 0.542. The molecular formula is C3H8N3O-. The molecule has 0 aliphatic carbocycles. The molecule has 1 atom stereocenters. The van der Waals surface area contributed by atoms with Crippen molar-refractivity contribution < 1.29 is 0 Å². The third kappa shape index (κ3) is 0.889. The Kier molecular flexibility index (Phi) is 1.25. The predicted molar refractivity (Wildman–Crippen MR) is 26.1 cm³/mol. The van der Waals surface area contributed by atoms with Gasteiger partial charge < -0.3 is 21.3 Å². The van der Waals surface area contributed by atoms with Crippen LogP contribution in [-0.2, 0) is 0 Å². The summed E-state index contributed by atoms with van der Waals surface area (Å²) in [4.78, 5) is 0. The summed E-state index contributed by atoms with van der Waals surface area (Å²) in [6, 6.07) is 0. The molecule has 0 aromatic rings. The van der Waals surface area contributed by atoms with Gasteiger partial charge >= 0.3 is 0 Å². The number of hydrogen-bond donors (Lipinski definition) is 2. The molecule has 0 aromatic heterocycles. The summed E-state index contributed by atoms with van der Waals surface area (Å²) in [5.41, 5.74) is 5.23. The number of nitrogens with one attached hydrogen (secondary N) is 1. The Morgan fingerprint density at radius 2 is 2.57 bits per heavy atom. The average molecular weight is 102 g/mol. The van der Waals surface area contributed by atoms with Gasteiger partial charge in [0.05, 0.1) is 6.17 Å². The molecule has 0 radical (unpaired) electrons. The normalized spacial score (nSPS) is 34.3. The second-order valence-corrected chi connectivity index (χ2v) is 1.60. The lowest BCUT2D eigenvalue weighted by Crippen LogP contribution is -2.33. The second kappa shape index (κ2) is 1.75. The van der Waals surface area contributed by atoms with Crippen molar-refractivity contribution in [3.63, 3.8) is 0 Å². The standard InChI is InChI=1S/C3H8N3O/c4-3-1-5-2-6(3)7/h3,5H,1-2,4H2/q-1. The molecule has 0 aromatic carbocycles. The highest BCUT2D eigenvalue weighted by Crippen LogP contribution is 1.92. The predicted octanol–water partition coefficient (Wildman–Crippen LogP) is -1.37. The largest absolute Gasteiger partial charge is 0.783 e. The van der Waals surface area contributed by atoms with E-state index in [0.717, 1.165) is 5.06 Å². The lowest BCUT2D eigenvalue weighted by Gasteiger charge is -2.24. The Morgan fingerprint density at radius 3 is 2.71 bits per heavy atom. The highest BCUT2D eigenvalue weighted by molar-refractivity contribution is 4.73. The summed E-state index contributed by atoms with van der Waals surface area (Å²) in [6.07, 6.45) is -0.319. The summed E-state index contributed by atoms with van der Waals surface area (Å²) in [7, 11) is 0. The minimum atomic E-state index is -0.319. The molecule has 1 aliphatic rings. The van der Waals surface area contributed by atoms with Crippen LogP contribution in [0.25, 0.3) is 0 Å². The van der Waals surface area contributed by atoms with E-state index >= 15 is 0 Å². The fraction of sp³-hybridized carbons (Fsp3) is 1.00. The molecule has 0 amide bonds. The number of nitrogens with two attached hydrogens (primary N) is 1. The van der Waals surface area contributed by atoms with Gasteiger partial charge in [0, 0.05) is 13.2 Å². The average Bonchev–Trinajstić information content (AvgIpc) is 1.91. The molecule has 4 heteroatoms. The Bertz CT molecular complexity index is 59.2. The van der Waals surface area contributed by atoms with Crippen LogP contribution in [0.3, 0.4) is 0 Å². The van der Waals surface area contributed by atoms with Crippen molar-refractivity contribution >= 4 is 0 Å². The van der Waals surface area contributed by atoms with Crippen molar-refractivity contribution in [3.05, 3.63) is 5.21 Å². The van der Waals surface area contributed by atoms with Gasteiger partial charge in [-0.2, -0.15) is 0 Å². The molecule has 1 saturated heterocycles. The van der Waals surface area contributed by atoms with E-state index in [0.29, 0.717) is 13.2 Å². The maximum atomic E-state index is 10.3. The van der Waals surface area contributed by atoms with E-state index in [9.17, 15) is 5.21 Å². The lowest BCUT2D eigenvalue weighted by atomic mass is 10.6. The zero-order valence-electron chi connectivity index (χ0n) is 3.92. The Balaban J connectivity index is 2.33. The van der Waals surface area contributed by atoms with Crippen LogP contribution in [0, 0.1) is 5.21 Å². The molecule has 1 rings (SSSR count). The van der Waals surface area contributed by atoms with Crippen molar-refractivity contribution in [2.75, 3.05) is 13.2 Å². The Morgan fingerprint density at radius 1 is 1.86 bits per heavy atom. The minimum absolute atomic E-state index is 0.319. The first kappa shape index (κ1) is 4.99. The quantitative estimate of drug-likeness (QED) is 0.396. The summed E-state index contributed by atoms with van der Waals surface area (Å²) in [6.45, 7) is 0.991. The van der Waals surface area contributed by atoms with Gasteiger partial charge in [-0.25, -0.2) is 0 Å². The molecule has 4 nitrogen and oxygen atoms in total. The first-order chi connectivity index (χ1) is 3.30. The maximum Gasteiger partial charge on any atom is 0.0595 e. The summed E-state index contributed by atoms with van der Waals surface area (Å²) in [5.74, 6) is 0. The van der Waals surface area contributed by atoms with Gasteiger partial charge in [-0.15, -0.1) is 0 Å². The molecular weight excluding hydrogens is 94.1 g/mol. The lowest BCUT2D eigenvalue weighted by molar-refractivity contribution is 0.366. The number of hydrogen-bond acceptors (Lipinski definition) is 4. The summed E-state index contributed by atoms with van der Waals surface area (Å²) >= 11 is 0. The molecule has 1 unspecified atom stereocenters. The number of nitrogens with zero attached hydrogens (tertiary/aromatic N) is 1. The van der Waals surface area contributed by atoms with Gasteiger partial charge in [0.1, 0.15) is 0 Å². The Hall–Kier alpha value is -0.160. The molecule has 1 aliphatic heterocycles. The molecule has 0 spiro atoms.